The van der Waals surface area contributed by atoms with E-state index in [9.17, 15) is 9.59 Å². The third kappa shape index (κ3) is 6.25. The first-order valence-electron chi connectivity index (χ1n) is 13.4. The van der Waals surface area contributed by atoms with Gasteiger partial charge in [-0.2, -0.15) is 0 Å². The molecule has 1 aromatic heterocycles. The predicted octanol–water partition coefficient (Wildman–Crippen LogP) is 5.37. The molecule has 0 radical (unpaired) electrons. The fraction of sp³-hybridized carbons (Fsp3) is 0.312. The molecule has 0 spiro atoms. The molecule has 7 heteroatoms. The number of aryl methyl sites for hydroxylation is 1. The Kier molecular flexibility index (Phi) is 7.87. The summed E-state index contributed by atoms with van der Waals surface area (Å²) in [6, 6.07) is 21.6. The average Bonchev–Trinajstić information content (AvgIpc) is 3.73. The number of rotatable bonds is 11. The molecule has 0 saturated heterocycles. The molecule has 5 rings (SSSR count). The van der Waals surface area contributed by atoms with E-state index >= 15 is 0 Å². The van der Waals surface area contributed by atoms with E-state index < -0.39 is 0 Å². The zero-order valence-corrected chi connectivity index (χ0v) is 22.8. The molecule has 2 amide bonds. The molecule has 4 aromatic rings. The van der Waals surface area contributed by atoms with E-state index in [1.807, 2.05) is 23.2 Å². The van der Waals surface area contributed by atoms with Gasteiger partial charge in [-0.3, -0.25) is 9.59 Å². The van der Waals surface area contributed by atoms with Gasteiger partial charge in [0.25, 0.3) is 5.91 Å². The summed E-state index contributed by atoms with van der Waals surface area (Å²) in [4.78, 5) is 34.4. The van der Waals surface area contributed by atoms with Gasteiger partial charge in [-0.15, -0.1) is 0 Å². The zero-order chi connectivity index (χ0) is 27.4. The monoisotopic (exact) mass is 525 g/mol. The van der Waals surface area contributed by atoms with Crippen LogP contribution in [0.3, 0.4) is 0 Å². The molecule has 3 aromatic carbocycles. The van der Waals surface area contributed by atoms with Crippen LogP contribution in [-0.4, -0.2) is 59.9 Å². The van der Waals surface area contributed by atoms with Crippen molar-refractivity contribution >= 4 is 22.7 Å². The fourth-order valence-corrected chi connectivity index (χ4v) is 4.90. The molecule has 1 aliphatic rings. The molecular weight excluding hydrogens is 490 g/mol. The highest BCUT2D eigenvalue weighted by Crippen LogP contribution is 2.30. The van der Waals surface area contributed by atoms with Crippen molar-refractivity contribution < 1.29 is 19.1 Å². The van der Waals surface area contributed by atoms with Crippen molar-refractivity contribution in [2.45, 2.75) is 38.8 Å². The Bertz CT molecular complexity index is 1430. The number of aromatic nitrogens is 1. The molecule has 0 unspecified atom stereocenters. The van der Waals surface area contributed by atoms with Gasteiger partial charge < -0.3 is 24.3 Å². The van der Waals surface area contributed by atoms with Crippen LogP contribution < -0.4 is 9.47 Å². The molecule has 0 bridgehead atoms. The fourth-order valence-electron chi connectivity index (χ4n) is 4.90. The number of carbonyl (C=O) groups is 2. The van der Waals surface area contributed by atoms with Crippen molar-refractivity contribution in [2.24, 2.45) is 0 Å². The number of carbonyl (C=O) groups excluding carboxylic acids is 2. The maximum atomic E-state index is 13.8. The summed E-state index contributed by atoms with van der Waals surface area (Å²) in [5.74, 6) is 0.833. The number of H-pyrrole nitrogens is 1. The van der Waals surface area contributed by atoms with E-state index in [1.54, 1.807) is 37.3 Å². The molecule has 39 heavy (non-hydrogen) atoms. The second-order valence-corrected chi connectivity index (χ2v) is 10.2. The lowest BCUT2D eigenvalue weighted by Crippen LogP contribution is -2.44. The van der Waals surface area contributed by atoms with Crippen LogP contribution in [-0.2, 0) is 17.8 Å². The lowest BCUT2D eigenvalue weighted by molar-refractivity contribution is -0.132. The van der Waals surface area contributed by atoms with Crippen LogP contribution in [0.2, 0.25) is 0 Å². The van der Waals surface area contributed by atoms with Gasteiger partial charge in [-0.05, 0) is 55.5 Å². The van der Waals surface area contributed by atoms with Gasteiger partial charge in [0.2, 0.25) is 5.91 Å². The standard InChI is InChI=1S/C32H35N3O4/c1-22-8-10-23(11-9-22)20-34(15-14-24-19-33-30-7-5-4-6-29(24)30)31(36)21-35(26-12-13-26)32(37)25-16-27(38-2)18-28(17-25)39-3/h4-11,16-19,26,33H,12-15,20-21H2,1-3H3. The normalized spacial score (nSPS) is 12.8. The number of nitrogens with zero attached hydrogens (tertiary/aromatic N) is 2. The molecule has 1 heterocycles. The van der Waals surface area contributed by atoms with Crippen LogP contribution in [0, 0.1) is 6.92 Å². The average molecular weight is 526 g/mol. The SMILES string of the molecule is COc1cc(OC)cc(C(=O)N(CC(=O)N(CCc2c[nH]c3ccccc23)Cc2ccc(C)cc2)C2CC2)c1. The van der Waals surface area contributed by atoms with Crippen LogP contribution in [0.15, 0.2) is 72.9 Å². The molecule has 0 atom stereocenters. The highest BCUT2D eigenvalue weighted by atomic mass is 16.5. The van der Waals surface area contributed by atoms with Crippen molar-refractivity contribution in [2.75, 3.05) is 27.3 Å². The van der Waals surface area contributed by atoms with E-state index in [0.29, 0.717) is 36.6 Å². The first-order chi connectivity index (χ1) is 18.9. The Labute approximate surface area is 229 Å². The van der Waals surface area contributed by atoms with E-state index in [1.165, 1.54) is 16.5 Å². The topological polar surface area (TPSA) is 74.9 Å². The van der Waals surface area contributed by atoms with Crippen molar-refractivity contribution in [1.82, 2.24) is 14.8 Å². The molecule has 202 valence electrons. The van der Waals surface area contributed by atoms with Gasteiger partial charge in [0, 0.05) is 47.9 Å². The number of hydrogen-bond donors (Lipinski definition) is 1. The van der Waals surface area contributed by atoms with Gasteiger partial charge in [0.1, 0.15) is 18.0 Å². The number of benzene rings is 3. The van der Waals surface area contributed by atoms with Crippen molar-refractivity contribution in [3.8, 4) is 11.5 Å². The second kappa shape index (κ2) is 11.6. The Balaban J connectivity index is 1.37. The number of ether oxygens (including phenoxy) is 2. The minimum Gasteiger partial charge on any atom is -0.497 e. The Morgan fingerprint density at radius 1 is 0.949 bits per heavy atom. The van der Waals surface area contributed by atoms with E-state index in [0.717, 1.165) is 23.9 Å². The van der Waals surface area contributed by atoms with Gasteiger partial charge in [0.15, 0.2) is 0 Å². The Hall–Kier alpha value is -4.26. The summed E-state index contributed by atoms with van der Waals surface area (Å²) in [7, 11) is 3.11. The van der Waals surface area contributed by atoms with Gasteiger partial charge >= 0.3 is 0 Å². The van der Waals surface area contributed by atoms with Gasteiger partial charge in [0.05, 0.1) is 14.2 Å². The zero-order valence-electron chi connectivity index (χ0n) is 22.8. The number of amides is 2. The molecule has 1 fully saturated rings. The maximum absolute atomic E-state index is 13.8. The Morgan fingerprint density at radius 3 is 2.31 bits per heavy atom. The maximum Gasteiger partial charge on any atom is 0.254 e. The van der Waals surface area contributed by atoms with Crippen LogP contribution in [0.5, 0.6) is 11.5 Å². The first kappa shape index (κ1) is 26.4. The van der Waals surface area contributed by atoms with E-state index in [-0.39, 0.29) is 24.4 Å². The van der Waals surface area contributed by atoms with Gasteiger partial charge in [-0.25, -0.2) is 0 Å². The largest absolute Gasteiger partial charge is 0.497 e. The molecular formula is C32H35N3O4. The number of nitrogens with one attached hydrogen (secondary N) is 1. The third-order valence-electron chi connectivity index (χ3n) is 7.33. The van der Waals surface area contributed by atoms with Gasteiger partial charge in [-0.1, -0.05) is 48.0 Å². The molecule has 1 N–H and O–H groups in total. The predicted molar refractivity (Wildman–Crippen MR) is 152 cm³/mol. The Morgan fingerprint density at radius 2 is 1.64 bits per heavy atom. The van der Waals surface area contributed by atoms with Crippen molar-refractivity contribution in [3.05, 3.63) is 95.2 Å². The molecule has 1 saturated carbocycles. The number of hydrogen-bond acceptors (Lipinski definition) is 4. The summed E-state index contributed by atoms with van der Waals surface area (Å²) < 4.78 is 10.7. The van der Waals surface area contributed by atoms with E-state index in [2.05, 4.69) is 48.3 Å². The molecule has 1 aliphatic carbocycles. The number of fused-ring (bicyclic) bond motifs is 1. The lowest BCUT2D eigenvalue weighted by Gasteiger charge is -2.28. The molecule has 7 nitrogen and oxygen atoms in total. The smallest absolute Gasteiger partial charge is 0.254 e. The molecule has 0 aliphatic heterocycles. The quantitative estimate of drug-likeness (QED) is 0.286. The van der Waals surface area contributed by atoms with Crippen molar-refractivity contribution in [1.29, 1.82) is 0 Å². The third-order valence-corrected chi connectivity index (χ3v) is 7.33. The second-order valence-electron chi connectivity index (χ2n) is 10.2. The van der Waals surface area contributed by atoms with Crippen LogP contribution in [0.1, 0.15) is 39.9 Å². The number of methoxy groups -OCH3 is 2. The minimum absolute atomic E-state index is 0.0305. The van der Waals surface area contributed by atoms with E-state index in [4.69, 9.17) is 9.47 Å². The van der Waals surface area contributed by atoms with Crippen LogP contribution in [0.25, 0.3) is 10.9 Å². The van der Waals surface area contributed by atoms with Crippen molar-refractivity contribution in [3.63, 3.8) is 0 Å². The van der Waals surface area contributed by atoms with Crippen LogP contribution >= 0.6 is 0 Å². The number of para-hydroxylation sites is 1. The number of aromatic amines is 1. The summed E-state index contributed by atoms with van der Waals surface area (Å²) in [6.07, 6.45) is 4.53. The summed E-state index contributed by atoms with van der Waals surface area (Å²) in [5, 5.41) is 1.17. The lowest BCUT2D eigenvalue weighted by atomic mass is 10.1. The highest BCUT2D eigenvalue weighted by molar-refractivity contribution is 5.97. The summed E-state index contributed by atoms with van der Waals surface area (Å²) >= 11 is 0. The van der Waals surface area contributed by atoms with Crippen LogP contribution in [0.4, 0.5) is 0 Å². The first-order valence-corrected chi connectivity index (χ1v) is 13.4. The minimum atomic E-state index is -0.185. The summed E-state index contributed by atoms with van der Waals surface area (Å²) in [6.45, 7) is 3.12. The highest BCUT2D eigenvalue weighted by Gasteiger charge is 2.35. The summed E-state index contributed by atoms with van der Waals surface area (Å²) in [5.41, 5.74) is 4.95.